The molecule has 0 fully saturated rings. The fourth-order valence-electron chi connectivity index (χ4n) is 6.39. The van der Waals surface area contributed by atoms with Crippen LogP contribution in [0.2, 0.25) is 0 Å². The van der Waals surface area contributed by atoms with Gasteiger partial charge in [-0.1, -0.05) is 79.4 Å². The van der Waals surface area contributed by atoms with Gasteiger partial charge in [0.15, 0.2) is 6.61 Å². The summed E-state index contributed by atoms with van der Waals surface area (Å²) in [5, 5.41) is 21.1. The number of hydrogen-bond donors (Lipinski definition) is 5. The largest absolute Gasteiger partial charge is 0.484 e. The van der Waals surface area contributed by atoms with Crippen LogP contribution >= 0.6 is 0 Å². The van der Waals surface area contributed by atoms with E-state index >= 15 is 0 Å². The van der Waals surface area contributed by atoms with Crippen LogP contribution in [0.5, 0.6) is 5.75 Å². The van der Waals surface area contributed by atoms with Crippen molar-refractivity contribution >= 4 is 35.2 Å². The van der Waals surface area contributed by atoms with Gasteiger partial charge in [-0.2, -0.15) is 0 Å². The second-order valence-corrected chi connectivity index (χ2v) is 13.6. The van der Waals surface area contributed by atoms with Gasteiger partial charge in [-0.15, -0.1) is 0 Å². The number of ether oxygens (including phenoxy) is 1. The summed E-state index contributed by atoms with van der Waals surface area (Å²) < 4.78 is 5.70. The molecule has 0 saturated carbocycles. The van der Waals surface area contributed by atoms with E-state index in [1.807, 2.05) is 66.7 Å². The van der Waals surface area contributed by atoms with Crippen molar-refractivity contribution in [2.75, 3.05) is 6.61 Å². The van der Waals surface area contributed by atoms with Crippen molar-refractivity contribution in [3.8, 4) is 16.9 Å². The van der Waals surface area contributed by atoms with Gasteiger partial charge >= 0.3 is 5.97 Å². The van der Waals surface area contributed by atoms with Crippen molar-refractivity contribution in [3.63, 3.8) is 0 Å². The van der Waals surface area contributed by atoms with E-state index in [0.717, 1.165) is 16.7 Å². The lowest BCUT2D eigenvalue weighted by atomic mass is 9.98. The molecule has 5 aromatic rings. The van der Waals surface area contributed by atoms with E-state index in [1.54, 1.807) is 48.8 Å². The zero-order valence-corrected chi connectivity index (χ0v) is 31.0. The second kappa shape index (κ2) is 18.9. The number of pyridine rings is 2. The van der Waals surface area contributed by atoms with Gasteiger partial charge in [0.2, 0.25) is 17.7 Å². The minimum Gasteiger partial charge on any atom is -0.484 e. The van der Waals surface area contributed by atoms with Crippen molar-refractivity contribution in [2.45, 2.75) is 49.9 Å². The first-order valence-corrected chi connectivity index (χ1v) is 18.4. The summed E-state index contributed by atoms with van der Waals surface area (Å²) in [6.45, 7) is 3.65. The Balaban J connectivity index is 1.35. The highest BCUT2D eigenvalue weighted by Crippen LogP contribution is 2.21. The Morgan fingerprint density at radius 2 is 1.40 bits per heavy atom. The van der Waals surface area contributed by atoms with Crippen LogP contribution in [0.15, 0.2) is 134 Å². The van der Waals surface area contributed by atoms with Gasteiger partial charge in [0.05, 0.1) is 0 Å². The van der Waals surface area contributed by atoms with Gasteiger partial charge < -0.3 is 31.1 Å². The fraction of sp³-hybridized carbons (Fsp3) is 0.205. The molecule has 0 saturated heterocycles. The molecule has 57 heavy (non-hydrogen) atoms. The highest BCUT2D eigenvalue weighted by molar-refractivity contribution is 6.01. The van der Waals surface area contributed by atoms with Crippen LogP contribution in [0.25, 0.3) is 16.7 Å². The number of aromatic nitrogens is 2. The van der Waals surface area contributed by atoms with E-state index in [1.165, 1.54) is 12.4 Å². The third-order valence-electron chi connectivity index (χ3n) is 9.53. The molecule has 290 valence electrons. The number of carboxylic acid groups (broad SMARTS) is 1. The minimum atomic E-state index is -1.34. The summed E-state index contributed by atoms with van der Waals surface area (Å²) in [5.41, 5.74) is 4.71. The topological polar surface area (TPSA) is 189 Å². The van der Waals surface area contributed by atoms with Gasteiger partial charge in [0.25, 0.3) is 5.91 Å². The van der Waals surface area contributed by atoms with Crippen LogP contribution in [0.1, 0.15) is 28.7 Å². The Labute approximate surface area is 329 Å². The highest BCUT2D eigenvalue weighted by atomic mass is 16.5. The maximum atomic E-state index is 14.4. The van der Waals surface area contributed by atoms with Crippen molar-refractivity contribution in [2.24, 2.45) is 0 Å². The first-order chi connectivity index (χ1) is 27.6. The standard InChI is InChI=1S/C44H42N6O7/c1-28(32-19-22-45-23-20-32)40-43(54)48-37(24-30-9-14-33(15-10-30)34-8-5-21-46-26-34)42(53)47-36(18-13-29-6-3-2-4-7-29)41(52)49-38(44(55)56)25-31-11-16-35(17-12-31)57-27-39(51)50-40/h2-12,14-17,19-23,26,36-38,40H,1,13,18,24-25,27H2,(H,47,53)(H,48,54)(H,49,52)(H,50,51)(H,55,56). The van der Waals surface area contributed by atoms with Crippen LogP contribution in [0, 0.1) is 0 Å². The van der Waals surface area contributed by atoms with Crippen LogP contribution in [0.4, 0.5) is 0 Å². The molecule has 7 rings (SSSR count). The monoisotopic (exact) mass is 766 g/mol. The Hall–Kier alpha value is -7.15. The summed E-state index contributed by atoms with van der Waals surface area (Å²) in [4.78, 5) is 76.6. The lowest BCUT2D eigenvalue weighted by Crippen LogP contribution is -2.58. The Bertz CT molecular complexity index is 2180. The third kappa shape index (κ3) is 11.0. The number of carbonyl (C=O) groups excluding carboxylic acids is 4. The molecule has 0 aliphatic carbocycles. The quantitative estimate of drug-likeness (QED) is 0.140. The number of nitrogens with zero attached hydrogens (tertiary/aromatic N) is 2. The number of nitrogens with one attached hydrogen (secondary N) is 4. The molecule has 4 atom stereocenters. The van der Waals surface area contributed by atoms with Gasteiger partial charge in [0.1, 0.15) is 29.9 Å². The van der Waals surface area contributed by atoms with E-state index in [9.17, 15) is 29.1 Å². The summed E-state index contributed by atoms with van der Waals surface area (Å²) in [7, 11) is 0. The van der Waals surface area contributed by atoms with Crippen LogP contribution in [-0.4, -0.2) is 75.4 Å². The maximum Gasteiger partial charge on any atom is 0.326 e. The molecular formula is C44H42N6O7. The predicted molar refractivity (Wildman–Crippen MR) is 212 cm³/mol. The SMILES string of the molecule is C=C(c1ccncc1)C1NC(=O)COc2ccc(cc2)CC(C(=O)O)NC(=O)C(CCc2ccccc2)NC(=O)C(Cc2ccc(-c3cccnc3)cc2)NC1=O. The third-order valence-corrected chi connectivity index (χ3v) is 9.53. The zero-order chi connectivity index (χ0) is 40.1. The molecule has 2 aliphatic rings. The van der Waals surface area contributed by atoms with Crippen molar-refractivity contribution in [3.05, 3.63) is 157 Å². The molecular weight excluding hydrogens is 725 g/mol. The Morgan fingerprint density at radius 3 is 2.09 bits per heavy atom. The number of carbonyl (C=O) groups is 5. The van der Waals surface area contributed by atoms with E-state index in [-0.39, 0.29) is 24.8 Å². The van der Waals surface area contributed by atoms with Crippen molar-refractivity contribution in [1.29, 1.82) is 0 Å². The average Bonchev–Trinajstić information content (AvgIpc) is 3.24. The first kappa shape index (κ1) is 39.5. The number of amides is 4. The molecule has 0 spiro atoms. The number of fused-ring (bicyclic) bond motifs is 16. The Kier molecular flexibility index (Phi) is 13.1. The number of rotatable bonds is 9. The highest BCUT2D eigenvalue weighted by Gasteiger charge is 2.33. The molecule has 13 heteroatoms. The lowest BCUT2D eigenvalue weighted by molar-refractivity contribution is -0.142. The van der Waals surface area contributed by atoms with E-state index in [0.29, 0.717) is 28.9 Å². The molecule has 0 radical (unpaired) electrons. The van der Waals surface area contributed by atoms with Gasteiger partial charge in [0, 0.05) is 37.6 Å². The molecule has 2 aromatic heterocycles. The summed E-state index contributed by atoms with van der Waals surface area (Å²) >= 11 is 0. The number of hydrogen-bond acceptors (Lipinski definition) is 8. The number of aliphatic carboxylic acids is 1. The molecule has 3 aromatic carbocycles. The molecule has 4 unspecified atom stereocenters. The number of carboxylic acids is 1. The van der Waals surface area contributed by atoms with Crippen LogP contribution < -0.4 is 26.0 Å². The average molecular weight is 767 g/mol. The predicted octanol–water partition coefficient (Wildman–Crippen LogP) is 3.69. The molecule has 5 N–H and O–H groups in total. The Morgan fingerprint density at radius 1 is 0.702 bits per heavy atom. The first-order valence-electron chi connectivity index (χ1n) is 18.4. The fourth-order valence-corrected chi connectivity index (χ4v) is 6.39. The second-order valence-electron chi connectivity index (χ2n) is 13.6. The number of benzene rings is 3. The lowest BCUT2D eigenvalue weighted by Gasteiger charge is -2.27. The van der Waals surface area contributed by atoms with Gasteiger partial charge in [-0.3, -0.25) is 29.1 Å². The van der Waals surface area contributed by atoms with Crippen molar-refractivity contribution in [1.82, 2.24) is 31.2 Å². The molecule has 2 aliphatic heterocycles. The van der Waals surface area contributed by atoms with Gasteiger partial charge in [-0.05, 0) is 82.1 Å². The van der Waals surface area contributed by atoms with E-state index in [4.69, 9.17) is 4.74 Å². The normalized spacial score (nSPS) is 19.3. The molecule has 2 bridgehead atoms. The summed E-state index contributed by atoms with van der Waals surface area (Å²) in [6.07, 6.45) is 6.90. The van der Waals surface area contributed by atoms with E-state index in [2.05, 4.69) is 37.8 Å². The summed E-state index contributed by atoms with van der Waals surface area (Å²) in [5.74, 6) is -3.72. The van der Waals surface area contributed by atoms with Crippen molar-refractivity contribution < 1.29 is 33.8 Å². The zero-order valence-electron chi connectivity index (χ0n) is 31.0. The minimum absolute atomic E-state index is 0.00480. The van der Waals surface area contributed by atoms with Gasteiger partial charge in [-0.25, -0.2) is 4.79 Å². The van der Waals surface area contributed by atoms with Crippen LogP contribution in [-0.2, 0) is 43.2 Å². The molecule has 4 amide bonds. The maximum absolute atomic E-state index is 14.4. The molecule has 13 nitrogen and oxygen atoms in total. The smallest absolute Gasteiger partial charge is 0.326 e. The summed E-state index contributed by atoms with van der Waals surface area (Å²) in [6, 6.07) is 25.1. The number of aryl methyl sites for hydroxylation is 1. The molecule has 4 heterocycles. The van der Waals surface area contributed by atoms with Crippen LogP contribution in [0.3, 0.4) is 0 Å². The van der Waals surface area contributed by atoms with E-state index < -0.39 is 60.4 Å².